The Morgan fingerprint density at radius 1 is 1.41 bits per heavy atom. The van der Waals surface area contributed by atoms with Crippen LogP contribution in [0.15, 0.2) is 36.0 Å². The predicted molar refractivity (Wildman–Crippen MR) is 99.4 cm³/mol. The Hall–Kier alpha value is -2.58. The molecule has 0 aromatic heterocycles. The van der Waals surface area contributed by atoms with E-state index in [1.54, 1.807) is 6.07 Å². The second-order valence-corrected chi connectivity index (χ2v) is 8.67. The van der Waals surface area contributed by atoms with Crippen molar-refractivity contribution in [3.05, 3.63) is 41.6 Å². The number of methoxy groups -OCH3 is 1. The van der Waals surface area contributed by atoms with Gasteiger partial charge in [0, 0.05) is 25.9 Å². The highest BCUT2D eigenvalue weighted by atomic mass is 32.2. The molecule has 1 N–H and O–H groups in total. The Morgan fingerprint density at radius 3 is 2.66 bits per heavy atom. The number of carbonyl (C=O) groups excluding carboxylic acids is 1. The summed E-state index contributed by atoms with van der Waals surface area (Å²) in [6, 6.07) is 5.64. The fourth-order valence-corrected chi connectivity index (χ4v) is 4.66. The minimum Gasteiger partial charge on any atom is -0.383 e. The number of nitrogens with zero attached hydrogens (tertiary/aromatic N) is 2. The maximum Gasteiger partial charge on any atom is 0.418 e. The molecule has 1 saturated heterocycles. The van der Waals surface area contributed by atoms with Crippen LogP contribution in [-0.2, 0) is 25.5 Å². The van der Waals surface area contributed by atoms with Gasteiger partial charge < -0.3 is 15.0 Å². The van der Waals surface area contributed by atoms with Crippen molar-refractivity contribution in [1.29, 1.82) is 5.26 Å². The number of nitrogens with one attached hydrogen (secondary N) is 1. The van der Waals surface area contributed by atoms with Crippen LogP contribution in [-0.4, -0.2) is 57.0 Å². The summed E-state index contributed by atoms with van der Waals surface area (Å²) < 4.78 is 67.8. The second-order valence-electron chi connectivity index (χ2n) is 6.44. The number of rotatable bonds is 7. The maximum absolute atomic E-state index is 13.1. The number of nitriles is 1. The van der Waals surface area contributed by atoms with Gasteiger partial charge in [0.1, 0.15) is 11.6 Å². The third-order valence-electron chi connectivity index (χ3n) is 4.37. The lowest BCUT2D eigenvalue weighted by molar-refractivity contribution is -0.137. The summed E-state index contributed by atoms with van der Waals surface area (Å²) in [5.41, 5.74) is -1.95. The van der Waals surface area contributed by atoms with Gasteiger partial charge in [0.15, 0.2) is 9.84 Å². The molecular formula is C18H20F3N3O4S. The van der Waals surface area contributed by atoms with E-state index in [9.17, 15) is 31.6 Å². The highest BCUT2D eigenvalue weighted by Crippen LogP contribution is 2.34. The van der Waals surface area contributed by atoms with Gasteiger partial charge in [-0.3, -0.25) is 4.79 Å². The number of para-hydroxylation sites is 1. The number of carbonyl (C=O) groups is 1. The zero-order chi connectivity index (χ0) is 21.7. The van der Waals surface area contributed by atoms with E-state index < -0.39 is 44.8 Å². The van der Waals surface area contributed by atoms with Crippen molar-refractivity contribution in [3.8, 4) is 6.07 Å². The Kier molecular flexibility index (Phi) is 7.26. The molecule has 1 fully saturated rings. The lowest BCUT2D eigenvalue weighted by Gasteiger charge is -2.26. The monoisotopic (exact) mass is 431 g/mol. The predicted octanol–water partition coefficient (Wildman–Crippen LogP) is 2.19. The average Bonchev–Trinajstić information content (AvgIpc) is 3.01. The maximum atomic E-state index is 13.1. The molecule has 0 aliphatic carbocycles. The van der Waals surface area contributed by atoms with Crippen LogP contribution in [0.2, 0.25) is 0 Å². The number of ether oxygens (including phenoxy) is 1. The molecule has 1 aromatic rings. The van der Waals surface area contributed by atoms with Crippen molar-refractivity contribution in [2.24, 2.45) is 0 Å². The number of amides is 1. The second kappa shape index (κ2) is 9.28. The minimum absolute atomic E-state index is 0.0119. The average molecular weight is 431 g/mol. The summed E-state index contributed by atoms with van der Waals surface area (Å²) in [6.07, 6.45) is -3.18. The number of alkyl halides is 3. The quantitative estimate of drug-likeness (QED) is 0.525. The van der Waals surface area contributed by atoms with Gasteiger partial charge in [0.25, 0.3) is 5.91 Å². The van der Waals surface area contributed by atoms with E-state index in [-0.39, 0.29) is 24.7 Å². The molecule has 0 spiro atoms. The lowest BCUT2D eigenvalue weighted by Crippen LogP contribution is -2.35. The van der Waals surface area contributed by atoms with E-state index in [4.69, 9.17) is 4.74 Å². The molecule has 1 aliphatic rings. The van der Waals surface area contributed by atoms with Crippen LogP contribution in [0.3, 0.4) is 0 Å². The molecule has 7 nitrogen and oxygen atoms in total. The Labute approximate surface area is 166 Å². The first-order valence-electron chi connectivity index (χ1n) is 8.62. The zero-order valence-electron chi connectivity index (χ0n) is 15.6. The van der Waals surface area contributed by atoms with Gasteiger partial charge in [-0.05, 0) is 18.6 Å². The first-order valence-corrected chi connectivity index (χ1v) is 10.4. The van der Waals surface area contributed by atoms with Gasteiger partial charge in [-0.15, -0.1) is 0 Å². The molecule has 1 atom stereocenters. The van der Waals surface area contributed by atoms with Gasteiger partial charge in [-0.2, -0.15) is 18.4 Å². The molecule has 2 rings (SSSR count). The number of anilines is 1. The molecule has 1 aliphatic heterocycles. The summed E-state index contributed by atoms with van der Waals surface area (Å²) in [7, 11) is -1.78. The van der Waals surface area contributed by atoms with E-state index >= 15 is 0 Å². The standard InChI is InChI=1S/C18H20F3N3O4S/c1-28-8-7-24(14-6-9-29(26,27)12-14)11-13(10-22)17(25)23-16-5-3-2-4-15(16)18(19,20)21/h2-5,11,14H,6-9,12H2,1H3,(H,23,25)/b13-11-. The van der Waals surface area contributed by atoms with Crippen LogP contribution in [0, 0.1) is 11.3 Å². The van der Waals surface area contributed by atoms with Gasteiger partial charge in [-0.1, -0.05) is 12.1 Å². The summed E-state index contributed by atoms with van der Waals surface area (Å²) in [5.74, 6) is -1.17. The Balaban J connectivity index is 2.27. The highest BCUT2D eigenvalue weighted by Gasteiger charge is 2.34. The van der Waals surface area contributed by atoms with Crippen LogP contribution in [0.1, 0.15) is 12.0 Å². The number of benzene rings is 1. The molecule has 1 amide bonds. The van der Waals surface area contributed by atoms with Crippen molar-refractivity contribution in [1.82, 2.24) is 4.90 Å². The highest BCUT2D eigenvalue weighted by molar-refractivity contribution is 7.91. The Morgan fingerprint density at radius 2 is 2.10 bits per heavy atom. The van der Waals surface area contributed by atoms with Crippen LogP contribution in [0.4, 0.5) is 18.9 Å². The number of sulfone groups is 1. The van der Waals surface area contributed by atoms with Gasteiger partial charge in [0.05, 0.1) is 29.4 Å². The molecule has 158 valence electrons. The van der Waals surface area contributed by atoms with Crippen molar-refractivity contribution < 1.29 is 31.1 Å². The van der Waals surface area contributed by atoms with Gasteiger partial charge >= 0.3 is 6.18 Å². The van der Waals surface area contributed by atoms with Crippen molar-refractivity contribution in [3.63, 3.8) is 0 Å². The molecule has 0 saturated carbocycles. The van der Waals surface area contributed by atoms with E-state index in [1.807, 2.05) is 0 Å². The molecule has 0 bridgehead atoms. The first-order chi connectivity index (χ1) is 13.6. The summed E-state index contributed by atoms with van der Waals surface area (Å²) in [4.78, 5) is 13.9. The summed E-state index contributed by atoms with van der Waals surface area (Å²) in [6.45, 7) is 0.429. The molecule has 0 radical (unpaired) electrons. The summed E-state index contributed by atoms with van der Waals surface area (Å²) in [5, 5.41) is 11.5. The molecule has 1 aromatic carbocycles. The lowest BCUT2D eigenvalue weighted by atomic mass is 10.1. The molecule has 1 heterocycles. The van der Waals surface area contributed by atoms with Crippen molar-refractivity contribution >= 4 is 21.4 Å². The third kappa shape index (κ3) is 6.20. The van der Waals surface area contributed by atoms with Crippen molar-refractivity contribution in [2.75, 3.05) is 37.1 Å². The topological polar surface area (TPSA) is 99.5 Å². The fourth-order valence-electron chi connectivity index (χ4n) is 2.92. The van der Waals surface area contributed by atoms with E-state index in [1.165, 1.54) is 30.3 Å². The third-order valence-corrected chi connectivity index (χ3v) is 6.12. The molecule has 1 unspecified atom stereocenters. The number of halogens is 3. The number of hydrogen-bond acceptors (Lipinski definition) is 6. The van der Waals surface area contributed by atoms with Crippen LogP contribution in [0.25, 0.3) is 0 Å². The van der Waals surface area contributed by atoms with E-state index in [2.05, 4.69) is 5.32 Å². The fraction of sp³-hybridized carbons (Fsp3) is 0.444. The smallest absolute Gasteiger partial charge is 0.383 e. The zero-order valence-corrected chi connectivity index (χ0v) is 16.4. The first kappa shape index (κ1) is 22.7. The number of hydrogen-bond donors (Lipinski definition) is 1. The van der Waals surface area contributed by atoms with Crippen LogP contribution >= 0.6 is 0 Å². The van der Waals surface area contributed by atoms with Gasteiger partial charge in [-0.25, -0.2) is 8.42 Å². The van der Waals surface area contributed by atoms with Crippen LogP contribution < -0.4 is 5.32 Å². The minimum atomic E-state index is -4.68. The van der Waals surface area contributed by atoms with E-state index in [0.29, 0.717) is 6.42 Å². The summed E-state index contributed by atoms with van der Waals surface area (Å²) >= 11 is 0. The SMILES string of the molecule is COCCN(/C=C(/C#N)C(=O)Nc1ccccc1C(F)(F)F)C1CCS(=O)(=O)C1. The van der Waals surface area contributed by atoms with Gasteiger partial charge in [0.2, 0.25) is 0 Å². The molecule has 29 heavy (non-hydrogen) atoms. The molecule has 11 heteroatoms. The van der Waals surface area contributed by atoms with Crippen LogP contribution in [0.5, 0.6) is 0 Å². The largest absolute Gasteiger partial charge is 0.418 e. The molecular weight excluding hydrogens is 411 g/mol. The van der Waals surface area contributed by atoms with E-state index in [0.717, 1.165) is 12.1 Å². The Bertz CT molecular complexity index is 923. The normalized spacial score (nSPS) is 18.9. The van der Waals surface area contributed by atoms with Crippen molar-refractivity contribution in [2.45, 2.75) is 18.6 Å².